The zero-order chi connectivity index (χ0) is 10.3. The molecule has 2 rings (SSSR count). The van der Waals surface area contributed by atoms with Crippen LogP contribution in [0.2, 0.25) is 0 Å². The summed E-state index contributed by atoms with van der Waals surface area (Å²) in [6.45, 7) is 6.39. The lowest BCUT2D eigenvalue weighted by Crippen LogP contribution is -2.36. The first-order valence-electron chi connectivity index (χ1n) is 5.06. The van der Waals surface area contributed by atoms with E-state index in [1.807, 2.05) is 6.07 Å². The van der Waals surface area contributed by atoms with E-state index in [1.165, 1.54) is 6.07 Å². The van der Waals surface area contributed by atoms with E-state index in [0.29, 0.717) is 5.92 Å². The third-order valence-corrected chi connectivity index (χ3v) is 2.84. The quantitative estimate of drug-likeness (QED) is 0.664. The van der Waals surface area contributed by atoms with Crippen molar-refractivity contribution in [3.05, 3.63) is 29.6 Å². The number of rotatable bonds is 0. The second-order valence-corrected chi connectivity index (χ2v) is 4.82. The fourth-order valence-electron chi connectivity index (χ4n) is 2.43. The van der Waals surface area contributed by atoms with Crippen LogP contribution < -0.4 is 5.32 Å². The lowest BCUT2D eigenvalue weighted by Gasteiger charge is -2.37. The van der Waals surface area contributed by atoms with Gasteiger partial charge in [0.1, 0.15) is 5.82 Å². The van der Waals surface area contributed by atoms with Gasteiger partial charge in [-0.05, 0) is 38.3 Å². The van der Waals surface area contributed by atoms with Gasteiger partial charge < -0.3 is 5.32 Å². The number of benzene rings is 1. The molecule has 0 amide bonds. The molecule has 0 aromatic heterocycles. The number of nitrogens with one attached hydrogen (secondary N) is 1. The van der Waals surface area contributed by atoms with E-state index in [2.05, 4.69) is 26.1 Å². The highest BCUT2D eigenvalue weighted by Crippen LogP contribution is 2.39. The van der Waals surface area contributed by atoms with E-state index in [9.17, 15) is 4.39 Å². The van der Waals surface area contributed by atoms with E-state index in [1.54, 1.807) is 6.07 Å². The molecule has 1 aromatic rings. The molecule has 0 aliphatic carbocycles. The molecule has 1 unspecified atom stereocenters. The number of hydrogen-bond acceptors (Lipinski definition) is 1. The van der Waals surface area contributed by atoms with Gasteiger partial charge >= 0.3 is 0 Å². The smallest absolute Gasteiger partial charge is 0.128 e. The minimum Gasteiger partial charge on any atom is -0.380 e. The Morgan fingerprint density at radius 1 is 1.43 bits per heavy atom. The zero-order valence-corrected chi connectivity index (χ0v) is 8.89. The third kappa shape index (κ3) is 1.49. The summed E-state index contributed by atoms with van der Waals surface area (Å²) in [5, 5.41) is 3.37. The Hall–Kier alpha value is -1.05. The van der Waals surface area contributed by atoms with Crippen molar-refractivity contribution in [1.29, 1.82) is 0 Å². The predicted molar refractivity (Wildman–Crippen MR) is 57.1 cm³/mol. The molecule has 76 valence electrons. The van der Waals surface area contributed by atoms with Gasteiger partial charge in [0.05, 0.1) is 0 Å². The third-order valence-electron chi connectivity index (χ3n) is 2.84. The van der Waals surface area contributed by atoms with Crippen LogP contribution in [0.5, 0.6) is 0 Å². The summed E-state index contributed by atoms with van der Waals surface area (Å²) >= 11 is 0. The average Bonchev–Trinajstić information content (AvgIpc) is 2.00. The molecular weight excluding hydrogens is 177 g/mol. The first kappa shape index (κ1) is 9.50. The van der Waals surface area contributed by atoms with Crippen LogP contribution in [0.25, 0.3) is 0 Å². The van der Waals surface area contributed by atoms with Gasteiger partial charge in [0, 0.05) is 16.8 Å². The van der Waals surface area contributed by atoms with Gasteiger partial charge in [0.25, 0.3) is 0 Å². The van der Waals surface area contributed by atoms with Crippen molar-refractivity contribution in [1.82, 2.24) is 0 Å². The molecule has 0 spiro atoms. The van der Waals surface area contributed by atoms with Crippen molar-refractivity contribution in [2.75, 3.05) is 5.32 Å². The maximum absolute atomic E-state index is 13.5. The standard InChI is InChI=1S/C12H16FN/c1-8-7-12(2,3)14-10-6-4-5-9(13)11(8)10/h4-6,8,14H,7H2,1-3H3. The molecule has 1 aliphatic heterocycles. The first-order valence-corrected chi connectivity index (χ1v) is 5.06. The summed E-state index contributed by atoms with van der Waals surface area (Å²) in [6.07, 6.45) is 0.973. The fourth-order valence-corrected chi connectivity index (χ4v) is 2.43. The summed E-state index contributed by atoms with van der Waals surface area (Å²) in [5.74, 6) is 0.209. The maximum Gasteiger partial charge on any atom is 0.128 e. The van der Waals surface area contributed by atoms with E-state index in [4.69, 9.17) is 0 Å². The van der Waals surface area contributed by atoms with Crippen molar-refractivity contribution in [3.63, 3.8) is 0 Å². The SMILES string of the molecule is CC1CC(C)(C)Nc2cccc(F)c21. The normalized spacial score (nSPS) is 23.9. The van der Waals surface area contributed by atoms with E-state index < -0.39 is 0 Å². The summed E-state index contributed by atoms with van der Waals surface area (Å²) in [7, 11) is 0. The van der Waals surface area contributed by atoms with Crippen molar-refractivity contribution in [3.8, 4) is 0 Å². The van der Waals surface area contributed by atoms with E-state index in [0.717, 1.165) is 17.7 Å². The molecule has 0 bridgehead atoms. The topological polar surface area (TPSA) is 12.0 Å². The van der Waals surface area contributed by atoms with Crippen LogP contribution in [0.1, 0.15) is 38.7 Å². The summed E-state index contributed by atoms with van der Waals surface area (Å²) in [5.41, 5.74) is 1.86. The first-order chi connectivity index (χ1) is 6.49. The molecule has 1 heterocycles. The van der Waals surface area contributed by atoms with Crippen LogP contribution >= 0.6 is 0 Å². The van der Waals surface area contributed by atoms with E-state index in [-0.39, 0.29) is 11.4 Å². The molecule has 1 aromatic carbocycles. The molecule has 2 heteroatoms. The predicted octanol–water partition coefficient (Wildman–Crippen LogP) is 3.52. The second kappa shape index (κ2) is 2.97. The molecule has 1 aliphatic rings. The summed E-state index contributed by atoms with van der Waals surface area (Å²) in [6, 6.07) is 5.25. The minimum atomic E-state index is -0.0852. The Kier molecular flexibility index (Phi) is 2.02. The van der Waals surface area contributed by atoms with Crippen molar-refractivity contribution in [2.45, 2.75) is 38.6 Å². The highest BCUT2D eigenvalue weighted by molar-refractivity contribution is 5.57. The Morgan fingerprint density at radius 2 is 2.14 bits per heavy atom. The summed E-state index contributed by atoms with van der Waals surface area (Å²) < 4.78 is 13.5. The van der Waals surface area contributed by atoms with Crippen LogP contribution in [-0.4, -0.2) is 5.54 Å². The minimum absolute atomic E-state index is 0.0697. The summed E-state index contributed by atoms with van der Waals surface area (Å²) in [4.78, 5) is 0. The zero-order valence-electron chi connectivity index (χ0n) is 8.89. The molecule has 1 nitrogen and oxygen atoms in total. The second-order valence-electron chi connectivity index (χ2n) is 4.82. The van der Waals surface area contributed by atoms with Crippen LogP contribution in [0.3, 0.4) is 0 Å². The van der Waals surface area contributed by atoms with Crippen molar-refractivity contribution < 1.29 is 4.39 Å². The van der Waals surface area contributed by atoms with Gasteiger partial charge in [-0.25, -0.2) is 4.39 Å². The van der Waals surface area contributed by atoms with Crippen LogP contribution in [0.15, 0.2) is 18.2 Å². The van der Waals surface area contributed by atoms with Gasteiger partial charge in [-0.3, -0.25) is 0 Å². The van der Waals surface area contributed by atoms with Crippen molar-refractivity contribution >= 4 is 5.69 Å². The average molecular weight is 193 g/mol. The monoisotopic (exact) mass is 193 g/mol. The van der Waals surface area contributed by atoms with Crippen molar-refractivity contribution in [2.24, 2.45) is 0 Å². The molecule has 14 heavy (non-hydrogen) atoms. The van der Waals surface area contributed by atoms with Gasteiger partial charge in [0.15, 0.2) is 0 Å². The Bertz CT molecular complexity index is 357. The van der Waals surface area contributed by atoms with Gasteiger partial charge in [-0.2, -0.15) is 0 Å². The molecule has 0 fully saturated rings. The highest BCUT2D eigenvalue weighted by atomic mass is 19.1. The Morgan fingerprint density at radius 3 is 2.86 bits per heavy atom. The molecule has 1 N–H and O–H groups in total. The van der Waals surface area contributed by atoms with Gasteiger partial charge in [0.2, 0.25) is 0 Å². The highest BCUT2D eigenvalue weighted by Gasteiger charge is 2.30. The fraction of sp³-hybridized carbons (Fsp3) is 0.500. The molecule has 0 radical (unpaired) electrons. The lowest BCUT2D eigenvalue weighted by atomic mass is 9.82. The number of fused-ring (bicyclic) bond motifs is 1. The lowest BCUT2D eigenvalue weighted by molar-refractivity contribution is 0.440. The molecule has 0 saturated heterocycles. The molecular formula is C12H16FN. The number of hydrogen-bond donors (Lipinski definition) is 1. The molecule has 1 atom stereocenters. The Balaban J connectivity index is 2.50. The van der Waals surface area contributed by atoms with E-state index >= 15 is 0 Å². The van der Waals surface area contributed by atoms with Gasteiger partial charge in [-0.1, -0.05) is 13.0 Å². The van der Waals surface area contributed by atoms with Crippen LogP contribution in [0.4, 0.5) is 10.1 Å². The van der Waals surface area contributed by atoms with Crippen LogP contribution in [0, 0.1) is 5.82 Å². The Labute approximate surface area is 84.3 Å². The number of halogens is 1. The molecule has 0 saturated carbocycles. The van der Waals surface area contributed by atoms with Gasteiger partial charge in [-0.15, -0.1) is 0 Å². The number of anilines is 1. The van der Waals surface area contributed by atoms with Crippen LogP contribution in [-0.2, 0) is 0 Å². The maximum atomic E-state index is 13.5. The largest absolute Gasteiger partial charge is 0.380 e.